The highest BCUT2D eigenvalue weighted by atomic mass is 79.9. The van der Waals surface area contributed by atoms with Gasteiger partial charge in [-0.2, -0.15) is 0 Å². The zero-order chi connectivity index (χ0) is 9.84. The Balaban J connectivity index is 2.91. The zero-order valence-electron chi connectivity index (χ0n) is 8.55. The van der Waals surface area contributed by atoms with Gasteiger partial charge < -0.3 is 0 Å². The summed E-state index contributed by atoms with van der Waals surface area (Å²) in [5.74, 6) is 1.24. The van der Waals surface area contributed by atoms with E-state index in [1.807, 2.05) is 0 Å². The highest BCUT2D eigenvalue weighted by Crippen LogP contribution is 2.22. The molecule has 1 unspecified atom stereocenters. The Hall–Kier alpha value is -0.300. The van der Waals surface area contributed by atoms with Crippen LogP contribution in [-0.2, 0) is 0 Å². The summed E-state index contributed by atoms with van der Waals surface area (Å²) in [5.41, 5.74) is 2.87. The second kappa shape index (κ2) is 4.80. The first-order valence-electron chi connectivity index (χ1n) is 4.81. The minimum absolute atomic E-state index is 0.610. The van der Waals surface area contributed by atoms with Crippen LogP contribution >= 0.6 is 15.9 Å². The third kappa shape index (κ3) is 2.84. The summed E-state index contributed by atoms with van der Waals surface area (Å²) in [6.45, 7) is 6.71. The Kier molecular flexibility index (Phi) is 3.98. The van der Waals surface area contributed by atoms with Gasteiger partial charge in [0.25, 0.3) is 0 Å². The Morgan fingerprint density at radius 2 is 1.77 bits per heavy atom. The van der Waals surface area contributed by atoms with Gasteiger partial charge in [0, 0.05) is 5.33 Å². The first kappa shape index (κ1) is 10.8. The normalized spacial score (nSPS) is 13.3. The van der Waals surface area contributed by atoms with E-state index >= 15 is 0 Å². The van der Waals surface area contributed by atoms with Crippen LogP contribution < -0.4 is 0 Å². The molecule has 0 aliphatic rings. The predicted molar refractivity (Wildman–Crippen MR) is 62.7 cm³/mol. The van der Waals surface area contributed by atoms with Gasteiger partial charge in [0.05, 0.1) is 0 Å². The number of halogens is 1. The smallest absolute Gasteiger partial charge is 0.00975 e. The van der Waals surface area contributed by atoms with E-state index < -0.39 is 0 Å². The lowest BCUT2D eigenvalue weighted by molar-refractivity contribution is 0.842. The highest BCUT2D eigenvalue weighted by Gasteiger charge is 2.05. The van der Waals surface area contributed by atoms with E-state index in [1.165, 1.54) is 11.1 Å². The maximum absolute atomic E-state index is 3.51. The van der Waals surface area contributed by atoms with Crippen molar-refractivity contribution >= 4 is 15.9 Å². The van der Waals surface area contributed by atoms with Crippen molar-refractivity contribution in [3.05, 3.63) is 35.4 Å². The monoisotopic (exact) mass is 240 g/mol. The Morgan fingerprint density at radius 3 is 2.31 bits per heavy atom. The van der Waals surface area contributed by atoms with Crippen molar-refractivity contribution in [3.63, 3.8) is 0 Å². The minimum atomic E-state index is 0.610. The fourth-order valence-corrected chi connectivity index (χ4v) is 1.69. The quantitative estimate of drug-likeness (QED) is 0.692. The van der Waals surface area contributed by atoms with Gasteiger partial charge in [0.15, 0.2) is 0 Å². The summed E-state index contributed by atoms with van der Waals surface area (Å²) in [6, 6.07) is 8.88. The van der Waals surface area contributed by atoms with Crippen LogP contribution in [0.1, 0.15) is 43.7 Å². The molecular weight excluding hydrogens is 224 g/mol. The van der Waals surface area contributed by atoms with Gasteiger partial charge in [-0.3, -0.25) is 0 Å². The number of alkyl halides is 1. The van der Waals surface area contributed by atoms with Gasteiger partial charge in [0.1, 0.15) is 0 Å². The maximum Gasteiger partial charge on any atom is 0.00975 e. The standard InChI is InChI=1S/C12H17Br/c1-9(2)11-5-4-6-12(7-11)10(3)8-13/h4-7,9-10H,8H2,1-3H3. The fourth-order valence-electron chi connectivity index (χ4n) is 1.31. The third-order valence-electron chi connectivity index (χ3n) is 2.38. The molecule has 0 nitrogen and oxygen atoms in total. The van der Waals surface area contributed by atoms with E-state index in [0.29, 0.717) is 11.8 Å². The number of hydrogen-bond acceptors (Lipinski definition) is 0. The van der Waals surface area contributed by atoms with Crippen molar-refractivity contribution in [3.8, 4) is 0 Å². The van der Waals surface area contributed by atoms with Gasteiger partial charge >= 0.3 is 0 Å². The van der Waals surface area contributed by atoms with Gasteiger partial charge in [-0.25, -0.2) is 0 Å². The Labute approximate surface area is 89.5 Å². The molecule has 0 radical (unpaired) electrons. The lowest BCUT2D eigenvalue weighted by Gasteiger charge is -2.11. The molecule has 0 aliphatic carbocycles. The molecule has 0 saturated heterocycles. The van der Waals surface area contributed by atoms with E-state index in [4.69, 9.17) is 0 Å². The van der Waals surface area contributed by atoms with Crippen LogP contribution in [0.15, 0.2) is 24.3 Å². The lowest BCUT2D eigenvalue weighted by atomic mass is 9.96. The van der Waals surface area contributed by atoms with Gasteiger partial charge in [-0.15, -0.1) is 0 Å². The van der Waals surface area contributed by atoms with Crippen molar-refractivity contribution in [2.24, 2.45) is 0 Å². The molecule has 72 valence electrons. The second-order valence-electron chi connectivity index (χ2n) is 3.88. The molecule has 1 aromatic rings. The van der Waals surface area contributed by atoms with Crippen molar-refractivity contribution < 1.29 is 0 Å². The molecule has 0 aromatic heterocycles. The predicted octanol–water partition coefficient (Wildman–Crippen LogP) is 4.31. The summed E-state index contributed by atoms with van der Waals surface area (Å²) in [6.07, 6.45) is 0. The zero-order valence-corrected chi connectivity index (χ0v) is 10.1. The molecule has 0 bridgehead atoms. The first-order valence-corrected chi connectivity index (χ1v) is 5.93. The Bertz CT molecular complexity index is 266. The molecule has 1 atom stereocenters. The van der Waals surface area contributed by atoms with Crippen LogP contribution in [-0.4, -0.2) is 5.33 Å². The number of benzene rings is 1. The van der Waals surface area contributed by atoms with Crippen molar-refractivity contribution in [1.29, 1.82) is 0 Å². The van der Waals surface area contributed by atoms with E-state index in [9.17, 15) is 0 Å². The molecule has 0 saturated carbocycles. The van der Waals surface area contributed by atoms with Gasteiger partial charge in [-0.1, -0.05) is 61.0 Å². The van der Waals surface area contributed by atoms with Crippen LogP contribution in [0.3, 0.4) is 0 Å². The number of hydrogen-bond donors (Lipinski definition) is 0. The van der Waals surface area contributed by atoms with Gasteiger partial charge in [0.2, 0.25) is 0 Å². The molecule has 0 spiro atoms. The first-order chi connectivity index (χ1) is 6.15. The molecule has 13 heavy (non-hydrogen) atoms. The third-order valence-corrected chi connectivity index (χ3v) is 3.35. The number of rotatable bonds is 3. The summed E-state index contributed by atoms with van der Waals surface area (Å²) in [4.78, 5) is 0. The van der Waals surface area contributed by atoms with E-state index in [1.54, 1.807) is 0 Å². The topological polar surface area (TPSA) is 0 Å². The highest BCUT2D eigenvalue weighted by molar-refractivity contribution is 9.09. The van der Waals surface area contributed by atoms with E-state index in [-0.39, 0.29) is 0 Å². The minimum Gasteiger partial charge on any atom is -0.0922 e. The average molecular weight is 241 g/mol. The molecule has 1 rings (SSSR count). The summed E-state index contributed by atoms with van der Waals surface area (Å²) >= 11 is 3.51. The van der Waals surface area contributed by atoms with E-state index in [0.717, 1.165) is 5.33 Å². The molecule has 0 amide bonds. The molecule has 0 heterocycles. The van der Waals surface area contributed by atoms with Gasteiger partial charge in [-0.05, 0) is 23.0 Å². The molecule has 1 aromatic carbocycles. The average Bonchev–Trinajstić information content (AvgIpc) is 2.17. The van der Waals surface area contributed by atoms with Crippen LogP contribution in [0.4, 0.5) is 0 Å². The van der Waals surface area contributed by atoms with Crippen molar-refractivity contribution in [2.75, 3.05) is 5.33 Å². The van der Waals surface area contributed by atoms with Crippen LogP contribution in [0, 0.1) is 0 Å². The van der Waals surface area contributed by atoms with Crippen LogP contribution in [0.5, 0.6) is 0 Å². The Morgan fingerprint density at radius 1 is 1.15 bits per heavy atom. The molecule has 0 N–H and O–H groups in total. The summed E-state index contributed by atoms with van der Waals surface area (Å²) < 4.78 is 0. The SMILES string of the molecule is CC(C)c1cccc(C(C)CBr)c1. The molecule has 0 fully saturated rings. The maximum atomic E-state index is 3.51. The molecule has 0 aliphatic heterocycles. The van der Waals surface area contributed by atoms with Crippen molar-refractivity contribution in [1.82, 2.24) is 0 Å². The lowest BCUT2D eigenvalue weighted by Crippen LogP contribution is -1.96. The van der Waals surface area contributed by atoms with Crippen molar-refractivity contribution in [2.45, 2.75) is 32.6 Å². The molecule has 1 heteroatoms. The summed E-state index contributed by atoms with van der Waals surface area (Å²) in [5, 5.41) is 1.04. The van der Waals surface area contributed by atoms with Crippen LogP contribution in [0.25, 0.3) is 0 Å². The van der Waals surface area contributed by atoms with E-state index in [2.05, 4.69) is 61.0 Å². The fraction of sp³-hybridized carbons (Fsp3) is 0.500. The van der Waals surface area contributed by atoms with Crippen LogP contribution in [0.2, 0.25) is 0 Å². The second-order valence-corrected chi connectivity index (χ2v) is 4.53. The summed E-state index contributed by atoms with van der Waals surface area (Å²) in [7, 11) is 0. The largest absolute Gasteiger partial charge is 0.0922 e. The molecular formula is C12H17Br.